The summed E-state index contributed by atoms with van der Waals surface area (Å²) in [5, 5.41) is 10.8. The van der Waals surface area contributed by atoms with Gasteiger partial charge in [0.15, 0.2) is 0 Å². The molecule has 0 rings (SSSR count). The van der Waals surface area contributed by atoms with Gasteiger partial charge in [-0.1, -0.05) is 116 Å². The molecule has 1 N–H and O–H groups in total. The van der Waals surface area contributed by atoms with Crippen molar-refractivity contribution in [3.63, 3.8) is 0 Å². The van der Waals surface area contributed by atoms with E-state index in [-0.39, 0.29) is 0 Å². The molecular weight excluding hydrogens is 292 g/mol. The molecule has 0 bridgehead atoms. The molecule has 1 atom stereocenters. The van der Waals surface area contributed by atoms with Gasteiger partial charge in [0.05, 0.1) is 5.60 Å². The van der Waals surface area contributed by atoms with Gasteiger partial charge in [-0.3, -0.25) is 0 Å². The van der Waals surface area contributed by atoms with E-state index in [1.165, 1.54) is 96.3 Å². The quantitative estimate of drug-likeness (QED) is 0.187. The van der Waals surface area contributed by atoms with E-state index in [0.717, 1.165) is 19.3 Å². The summed E-state index contributed by atoms with van der Waals surface area (Å²) in [6.07, 6.45) is 24.5. The van der Waals surface area contributed by atoms with Crippen LogP contribution in [0.25, 0.3) is 0 Å². The van der Waals surface area contributed by atoms with Crippen molar-refractivity contribution in [1.29, 1.82) is 0 Å². The molecule has 0 aromatic carbocycles. The molecule has 0 fully saturated rings. The number of hydrogen-bond donors (Lipinski definition) is 1. The first kappa shape index (κ1) is 23.7. The molecule has 0 spiro atoms. The third-order valence-corrected chi connectivity index (χ3v) is 5.27. The minimum atomic E-state index is -0.479. The number of unbranched alkanes of at least 4 members (excludes halogenated alkanes) is 13. The van der Waals surface area contributed by atoms with Gasteiger partial charge in [0.2, 0.25) is 0 Å². The SMILES string of the molecule is C=CCC(O)(CCCCCCCC)CCCCCCCCCCC. The first-order valence-corrected chi connectivity index (χ1v) is 11.0. The lowest BCUT2D eigenvalue weighted by atomic mass is 9.87. The van der Waals surface area contributed by atoms with E-state index in [1.54, 1.807) is 0 Å². The Morgan fingerprint density at radius 3 is 1.29 bits per heavy atom. The normalized spacial score (nSPS) is 13.8. The molecule has 0 amide bonds. The maximum atomic E-state index is 10.8. The van der Waals surface area contributed by atoms with Crippen molar-refractivity contribution >= 4 is 0 Å². The van der Waals surface area contributed by atoms with Crippen LogP contribution < -0.4 is 0 Å². The van der Waals surface area contributed by atoms with E-state index in [1.807, 2.05) is 6.08 Å². The molecule has 0 aromatic rings. The Kier molecular flexibility index (Phi) is 17.3. The fourth-order valence-electron chi connectivity index (χ4n) is 3.60. The van der Waals surface area contributed by atoms with Gasteiger partial charge in [0.1, 0.15) is 0 Å². The molecule has 0 radical (unpaired) electrons. The van der Waals surface area contributed by atoms with Gasteiger partial charge in [-0.05, 0) is 19.3 Å². The second-order valence-corrected chi connectivity index (χ2v) is 7.81. The number of rotatable bonds is 19. The van der Waals surface area contributed by atoms with Crippen LogP contribution in [0.2, 0.25) is 0 Å². The topological polar surface area (TPSA) is 20.2 Å². The second-order valence-electron chi connectivity index (χ2n) is 7.81. The minimum Gasteiger partial charge on any atom is -0.390 e. The average molecular weight is 339 g/mol. The molecule has 0 aliphatic heterocycles. The van der Waals surface area contributed by atoms with E-state index in [4.69, 9.17) is 0 Å². The zero-order valence-electron chi connectivity index (χ0n) is 17.0. The van der Waals surface area contributed by atoms with Crippen molar-refractivity contribution in [1.82, 2.24) is 0 Å². The van der Waals surface area contributed by atoms with Crippen molar-refractivity contribution in [3.05, 3.63) is 12.7 Å². The van der Waals surface area contributed by atoms with Crippen LogP contribution in [0.5, 0.6) is 0 Å². The zero-order valence-corrected chi connectivity index (χ0v) is 17.0. The Morgan fingerprint density at radius 1 is 0.625 bits per heavy atom. The largest absolute Gasteiger partial charge is 0.390 e. The van der Waals surface area contributed by atoms with Crippen LogP contribution in [0.3, 0.4) is 0 Å². The summed E-state index contributed by atoms with van der Waals surface area (Å²) in [5.41, 5.74) is -0.479. The predicted octanol–water partition coefficient (Wildman–Crippen LogP) is 7.97. The number of hydrogen-bond acceptors (Lipinski definition) is 1. The van der Waals surface area contributed by atoms with Crippen LogP contribution in [0.1, 0.15) is 129 Å². The molecule has 24 heavy (non-hydrogen) atoms. The molecule has 1 nitrogen and oxygen atoms in total. The Bertz CT molecular complexity index is 261. The lowest BCUT2D eigenvalue weighted by Crippen LogP contribution is -2.27. The fourth-order valence-corrected chi connectivity index (χ4v) is 3.60. The van der Waals surface area contributed by atoms with Crippen LogP contribution >= 0.6 is 0 Å². The van der Waals surface area contributed by atoms with Crippen LogP contribution in [0.4, 0.5) is 0 Å². The van der Waals surface area contributed by atoms with Crippen molar-refractivity contribution in [2.45, 2.75) is 135 Å². The number of aliphatic hydroxyl groups is 1. The fraction of sp³-hybridized carbons (Fsp3) is 0.913. The molecule has 0 heterocycles. The summed E-state index contributed by atoms with van der Waals surface area (Å²) in [6, 6.07) is 0. The smallest absolute Gasteiger partial charge is 0.0682 e. The van der Waals surface area contributed by atoms with Gasteiger partial charge in [0.25, 0.3) is 0 Å². The highest BCUT2D eigenvalue weighted by molar-refractivity contribution is 4.86. The standard InChI is InChI=1S/C23H46O/c1-4-7-9-11-13-14-15-17-19-22-23(24,20-6-3)21-18-16-12-10-8-5-2/h6,24H,3-5,7-22H2,1-2H3. The maximum Gasteiger partial charge on any atom is 0.0682 e. The first-order valence-electron chi connectivity index (χ1n) is 11.0. The molecule has 144 valence electrons. The molecule has 0 aliphatic carbocycles. The van der Waals surface area contributed by atoms with Gasteiger partial charge in [-0.15, -0.1) is 6.58 Å². The minimum absolute atomic E-state index is 0.479. The van der Waals surface area contributed by atoms with E-state index in [9.17, 15) is 5.11 Å². The van der Waals surface area contributed by atoms with Crippen LogP contribution in [-0.2, 0) is 0 Å². The molecule has 1 heteroatoms. The Morgan fingerprint density at radius 2 is 0.958 bits per heavy atom. The monoisotopic (exact) mass is 338 g/mol. The molecule has 1 unspecified atom stereocenters. The second kappa shape index (κ2) is 17.5. The van der Waals surface area contributed by atoms with Crippen molar-refractivity contribution in [2.24, 2.45) is 0 Å². The summed E-state index contributed by atoms with van der Waals surface area (Å²) < 4.78 is 0. The Balaban J connectivity index is 3.67. The third kappa shape index (κ3) is 15.2. The van der Waals surface area contributed by atoms with E-state index in [2.05, 4.69) is 20.4 Å². The van der Waals surface area contributed by atoms with Crippen molar-refractivity contribution in [2.75, 3.05) is 0 Å². The highest BCUT2D eigenvalue weighted by Crippen LogP contribution is 2.27. The van der Waals surface area contributed by atoms with Crippen molar-refractivity contribution in [3.8, 4) is 0 Å². The highest BCUT2D eigenvalue weighted by atomic mass is 16.3. The predicted molar refractivity (Wildman–Crippen MR) is 110 cm³/mol. The average Bonchev–Trinajstić information content (AvgIpc) is 2.57. The third-order valence-electron chi connectivity index (χ3n) is 5.27. The van der Waals surface area contributed by atoms with Crippen LogP contribution in [0.15, 0.2) is 12.7 Å². The first-order chi connectivity index (χ1) is 11.7. The van der Waals surface area contributed by atoms with Crippen LogP contribution in [0, 0.1) is 0 Å². The van der Waals surface area contributed by atoms with Gasteiger partial charge in [0, 0.05) is 0 Å². The molecule has 0 saturated heterocycles. The van der Waals surface area contributed by atoms with E-state index >= 15 is 0 Å². The van der Waals surface area contributed by atoms with E-state index < -0.39 is 5.60 Å². The summed E-state index contributed by atoms with van der Waals surface area (Å²) in [7, 11) is 0. The van der Waals surface area contributed by atoms with Crippen molar-refractivity contribution < 1.29 is 5.11 Å². The lowest BCUT2D eigenvalue weighted by molar-refractivity contribution is 0.0206. The summed E-state index contributed by atoms with van der Waals surface area (Å²) in [5.74, 6) is 0. The molecule has 0 saturated carbocycles. The van der Waals surface area contributed by atoms with Gasteiger partial charge < -0.3 is 5.11 Å². The Hall–Kier alpha value is -0.300. The molecule has 0 aliphatic rings. The zero-order chi connectivity index (χ0) is 17.9. The summed E-state index contributed by atoms with van der Waals surface area (Å²) in [4.78, 5) is 0. The van der Waals surface area contributed by atoms with Gasteiger partial charge in [-0.25, -0.2) is 0 Å². The summed E-state index contributed by atoms with van der Waals surface area (Å²) >= 11 is 0. The van der Waals surface area contributed by atoms with Gasteiger partial charge >= 0.3 is 0 Å². The molecular formula is C23H46O. The molecule has 0 aromatic heterocycles. The maximum absolute atomic E-state index is 10.8. The van der Waals surface area contributed by atoms with E-state index in [0.29, 0.717) is 0 Å². The van der Waals surface area contributed by atoms with Gasteiger partial charge in [-0.2, -0.15) is 0 Å². The lowest BCUT2D eigenvalue weighted by Gasteiger charge is -2.27. The summed E-state index contributed by atoms with van der Waals surface area (Å²) in [6.45, 7) is 8.38. The highest BCUT2D eigenvalue weighted by Gasteiger charge is 2.23. The van der Waals surface area contributed by atoms with Crippen LogP contribution in [-0.4, -0.2) is 10.7 Å². The Labute approximate surface area is 153 Å².